The Morgan fingerprint density at radius 1 is 1.03 bits per heavy atom. The fourth-order valence-corrected chi connectivity index (χ4v) is 5.18. The molecule has 2 aliphatic rings. The van der Waals surface area contributed by atoms with Crippen LogP contribution in [-0.2, 0) is 4.74 Å². The molecule has 5 rings (SSSR count). The average Bonchev–Trinajstić information content (AvgIpc) is 3.42. The number of likely N-dealkylation sites (tertiary alicyclic amines) is 1. The molecule has 33 heavy (non-hydrogen) atoms. The van der Waals surface area contributed by atoms with Gasteiger partial charge in [0.25, 0.3) is 5.91 Å². The Morgan fingerprint density at radius 2 is 1.76 bits per heavy atom. The normalized spacial score (nSPS) is 24.5. The maximum atomic E-state index is 13.2. The second-order valence-corrected chi connectivity index (χ2v) is 9.22. The topological polar surface area (TPSA) is 91.9 Å². The Balaban J connectivity index is 1.24. The van der Waals surface area contributed by atoms with Crippen molar-refractivity contribution in [2.75, 3.05) is 20.2 Å². The highest BCUT2D eigenvalue weighted by molar-refractivity contribution is 5.98. The van der Waals surface area contributed by atoms with Gasteiger partial charge < -0.3 is 24.5 Å². The van der Waals surface area contributed by atoms with Crippen molar-refractivity contribution in [1.29, 1.82) is 0 Å². The maximum Gasteiger partial charge on any atom is 0.337 e. The number of carbonyl (C=O) groups is 2. The lowest BCUT2D eigenvalue weighted by molar-refractivity contribution is -0.0231. The molecule has 1 saturated heterocycles. The summed E-state index contributed by atoms with van der Waals surface area (Å²) in [5.74, 6) is 0.747. The van der Waals surface area contributed by atoms with Crippen LogP contribution in [0.2, 0.25) is 0 Å². The van der Waals surface area contributed by atoms with Crippen LogP contribution in [0.15, 0.2) is 48.5 Å². The predicted octanol–water partition coefficient (Wildman–Crippen LogP) is 3.55. The third-order valence-electron chi connectivity index (χ3n) is 6.94. The number of esters is 1. The number of aliphatic hydroxyl groups is 1. The number of hydrogen-bond acceptors (Lipinski definition) is 5. The van der Waals surface area contributed by atoms with Gasteiger partial charge in [0.05, 0.1) is 18.8 Å². The van der Waals surface area contributed by atoms with Crippen molar-refractivity contribution in [3.05, 3.63) is 65.4 Å². The number of fused-ring (bicyclic) bond motifs is 2. The molecule has 0 bridgehead atoms. The van der Waals surface area contributed by atoms with Gasteiger partial charge in [0.15, 0.2) is 0 Å². The lowest BCUT2D eigenvalue weighted by atomic mass is 9.78. The van der Waals surface area contributed by atoms with E-state index < -0.39 is 12.1 Å². The summed E-state index contributed by atoms with van der Waals surface area (Å²) in [5.41, 5.74) is 3.18. The molecule has 2 fully saturated rings. The zero-order valence-corrected chi connectivity index (χ0v) is 18.8. The number of amides is 1. The van der Waals surface area contributed by atoms with E-state index in [9.17, 15) is 14.7 Å². The van der Waals surface area contributed by atoms with Crippen molar-refractivity contribution in [3.8, 4) is 5.75 Å². The van der Waals surface area contributed by atoms with Gasteiger partial charge in [-0.25, -0.2) is 4.79 Å². The van der Waals surface area contributed by atoms with Crippen LogP contribution in [-0.4, -0.2) is 59.3 Å². The maximum absolute atomic E-state index is 13.2. The van der Waals surface area contributed by atoms with Crippen molar-refractivity contribution in [1.82, 2.24) is 9.88 Å². The largest absolute Gasteiger partial charge is 0.488 e. The lowest BCUT2D eigenvalue weighted by Crippen LogP contribution is -2.42. The lowest BCUT2D eigenvalue weighted by Gasteiger charge is -2.35. The second kappa shape index (κ2) is 8.56. The zero-order chi connectivity index (χ0) is 23.1. The highest BCUT2D eigenvalue weighted by atomic mass is 16.5. The molecule has 1 aromatic heterocycles. The van der Waals surface area contributed by atoms with Crippen LogP contribution >= 0.6 is 0 Å². The number of hydrogen-bond donors (Lipinski definition) is 2. The van der Waals surface area contributed by atoms with E-state index in [1.54, 1.807) is 24.3 Å². The van der Waals surface area contributed by atoms with Gasteiger partial charge in [0.2, 0.25) is 0 Å². The van der Waals surface area contributed by atoms with Crippen molar-refractivity contribution in [2.24, 2.45) is 11.8 Å². The molecule has 2 N–H and O–H groups in total. The molecule has 1 amide bonds. The minimum absolute atomic E-state index is 0.00334. The van der Waals surface area contributed by atoms with E-state index in [2.05, 4.69) is 11.1 Å². The molecular formula is C26H28N2O5. The Hall–Kier alpha value is -3.32. The predicted molar refractivity (Wildman–Crippen MR) is 123 cm³/mol. The van der Waals surface area contributed by atoms with Crippen LogP contribution in [0.25, 0.3) is 10.9 Å². The Kier molecular flexibility index (Phi) is 5.58. The number of nitrogens with one attached hydrogen (secondary N) is 1. The van der Waals surface area contributed by atoms with Gasteiger partial charge in [0, 0.05) is 24.0 Å². The van der Waals surface area contributed by atoms with E-state index in [0.717, 1.165) is 16.5 Å². The summed E-state index contributed by atoms with van der Waals surface area (Å²) in [4.78, 5) is 29.9. The Labute approximate surface area is 192 Å². The minimum Gasteiger partial charge on any atom is -0.488 e. The fraction of sp³-hybridized carbons (Fsp3) is 0.385. The Morgan fingerprint density at radius 3 is 2.48 bits per heavy atom. The van der Waals surface area contributed by atoms with E-state index in [1.807, 2.05) is 30.0 Å². The van der Waals surface area contributed by atoms with E-state index >= 15 is 0 Å². The standard InChI is InChI=1S/C26H28N2O5/c1-15-3-8-21-17(9-15)10-22(27-21)25(30)28-13-18-11-23(29)24(12-19(18)14-28)33-20-6-4-16(5-7-20)26(31)32-2/h3-10,18-19,23-24,27,29H,11-14H2,1-2H3/t18-,19+,23-,24-/m0/s1. The van der Waals surface area contributed by atoms with E-state index in [-0.39, 0.29) is 23.8 Å². The van der Waals surface area contributed by atoms with Crippen LogP contribution in [0, 0.1) is 18.8 Å². The van der Waals surface area contributed by atoms with E-state index in [4.69, 9.17) is 9.47 Å². The van der Waals surface area contributed by atoms with Crippen LogP contribution in [0.1, 0.15) is 39.3 Å². The monoisotopic (exact) mass is 448 g/mol. The van der Waals surface area contributed by atoms with Gasteiger partial charge >= 0.3 is 5.97 Å². The first-order chi connectivity index (χ1) is 15.9. The van der Waals surface area contributed by atoms with Gasteiger partial charge in [-0.2, -0.15) is 0 Å². The molecule has 1 aliphatic heterocycles. The number of aromatic amines is 1. The molecule has 1 aliphatic carbocycles. The minimum atomic E-state index is -0.599. The summed E-state index contributed by atoms with van der Waals surface area (Å²) < 4.78 is 10.8. The van der Waals surface area contributed by atoms with Gasteiger partial charge in [-0.15, -0.1) is 0 Å². The zero-order valence-electron chi connectivity index (χ0n) is 18.8. The molecule has 7 nitrogen and oxygen atoms in total. The summed E-state index contributed by atoms with van der Waals surface area (Å²) in [6.07, 6.45) is 0.338. The number of carbonyl (C=O) groups excluding carboxylic acids is 2. The first-order valence-electron chi connectivity index (χ1n) is 11.3. The van der Waals surface area contributed by atoms with Crippen molar-refractivity contribution in [3.63, 3.8) is 0 Å². The van der Waals surface area contributed by atoms with Gasteiger partial charge in [-0.1, -0.05) is 11.6 Å². The van der Waals surface area contributed by atoms with Crippen LogP contribution in [0.4, 0.5) is 0 Å². The Bertz CT molecular complexity index is 1190. The first kappa shape index (κ1) is 21.5. The summed E-state index contributed by atoms with van der Waals surface area (Å²) in [6, 6.07) is 14.8. The number of rotatable bonds is 4. The number of aryl methyl sites for hydroxylation is 1. The smallest absolute Gasteiger partial charge is 0.337 e. The van der Waals surface area contributed by atoms with Crippen LogP contribution < -0.4 is 4.74 Å². The van der Waals surface area contributed by atoms with Crippen molar-refractivity contribution < 1.29 is 24.2 Å². The van der Waals surface area contributed by atoms with E-state index in [1.165, 1.54) is 7.11 Å². The fourth-order valence-electron chi connectivity index (χ4n) is 5.18. The van der Waals surface area contributed by atoms with Crippen molar-refractivity contribution >= 4 is 22.8 Å². The number of ether oxygens (including phenoxy) is 2. The first-order valence-corrected chi connectivity index (χ1v) is 11.3. The van der Waals surface area contributed by atoms with Gasteiger partial charge in [0.1, 0.15) is 17.5 Å². The molecule has 2 aromatic carbocycles. The van der Waals surface area contributed by atoms with Gasteiger partial charge in [-0.3, -0.25) is 4.79 Å². The number of H-pyrrole nitrogens is 1. The number of methoxy groups -OCH3 is 1. The summed E-state index contributed by atoms with van der Waals surface area (Å²) in [6.45, 7) is 3.34. The molecule has 7 heteroatoms. The number of benzene rings is 2. The van der Waals surface area contributed by atoms with Gasteiger partial charge in [-0.05, 0) is 74.1 Å². The number of nitrogens with zero attached hydrogens (tertiary/aromatic N) is 1. The molecule has 1 saturated carbocycles. The van der Waals surface area contributed by atoms with Crippen molar-refractivity contribution in [2.45, 2.75) is 32.0 Å². The molecule has 172 valence electrons. The molecular weight excluding hydrogens is 420 g/mol. The number of aromatic nitrogens is 1. The summed E-state index contributed by atoms with van der Waals surface area (Å²) in [5, 5.41) is 11.8. The summed E-state index contributed by atoms with van der Waals surface area (Å²) >= 11 is 0. The highest BCUT2D eigenvalue weighted by Crippen LogP contribution is 2.38. The third-order valence-corrected chi connectivity index (χ3v) is 6.94. The second-order valence-electron chi connectivity index (χ2n) is 9.22. The van der Waals surface area contributed by atoms with E-state index in [0.29, 0.717) is 42.9 Å². The third kappa shape index (κ3) is 4.20. The van der Waals surface area contributed by atoms with Crippen LogP contribution in [0.5, 0.6) is 5.75 Å². The SMILES string of the molecule is COC(=O)c1ccc(O[C@H]2C[C@@H]3CN(C(=O)c4cc5cc(C)ccc5[nH]4)C[C@@H]3C[C@@H]2O)cc1. The summed E-state index contributed by atoms with van der Waals surface area (Å²) in [7, 11) is 1.34. The molecule has 0 spiro atoms. The molecule has 0 radical (unpaired) electrons. The number of aliphatic hydroxyl groups excluding tert-OH is 1. The quantitative estimate of drug-likeness (QED) is 0.596. The highest BCUT2D eigenvalue weighted by Gasteiger charge is 2.44. The average molecular weight is 449 g/mol. The van der Waals surface area contributed by atoms with Crippen LogP contribution in [0.3, 0.4) is 0 Å². The molecule has 0 unspecified atom stereocenters. The molecule has 4 atom stereocenters. The molecule has 2 heterocycles. The molecule has 3 aromatic rings.